The van der Waals surface area contributed by atoms with Gasteiger partial charge >= 0.3 is 0 Å². The van der Waals surface area contributed by atoms with E-state index in [1.165, 1.54) is 18.2 Å². The summed E-state index contributed by atoms with van der Waals surface area (Å²) in [6, 6.07) is 13.8. The lowest BCUT2D eigenvalue weighted by Crippen LogP contribution is -2.07. The minimum Gasteiger partial charge on any atom is -0.506 e. The largest absolute Gasteiger partial charge is 0.506 e. The quantitative estimate of drug-likeness (QED) is 0.594. The van der Waals surface area contributed by atoms with Gasteiger partial charge in [0.15, 0.2) is 5.78 Å². The molecule has 0 bridgehead atoms. The number of ketones is 1. The summed E-state index contributed by atoms with van der Waals surface area (Å²) in [5.41, 5.74) is 1.55. The Morgan fingerprint density at radius 2 is 1.73 bits per heavy atom. The molecule has 2 nitrogen and oxygen atoms in total. The predicted molar refractivity (Wildman–Crippen MR) is 97.7 cm³/mol. The normalized spacial score (nSPS) is 10.8. The zero-order valence-corrected chi connectivity index (χ0v) is 14.6. The minimum absolute atomic E-state index is 0.0139. The van der Waals surface area contributed by atoms with Crippen LogP contribution in [0.1, 0.15) is 21.5 Å². The minimum atomic E-state index is -0.811. The molecule has 5 heteroatoms. The zero-order chi connectivity index (χ0) is 18.8. The smallest absolute Gasteiger partial charge is 0.171 e. The maximum Gasteiger partial charge on any atom is 0.171 e. The number of carbonyl (C=O) groups is 1. The summed E-state index contributed by atoms with van der Waals surface area (Å²) < 4.78 is 28.4. The van der Waals surface area contributed by atoms with Crippen LogP contribution in [0.4, 0.5) is 8.78 Å². The molecule has 0 heterocycles. The van der Waals surface area contributed by atoms with E-state index in [9.17, 15) is 18.7 Å². The van der Waals surface area contributed by atoms with Gasteiger partial charge in [0, 0.05) is 18.1 Å². The van der Waals surface area contributed by atoms with Gasteiger partial charge in [-0.1, -0.05) is 41.9 Å². The summed E-state index contributed by atoms with van der Waals surface area (Å²) in [6.45, 7) is 1.73. The van der Waals surface area contributed by atoms with Gasteiger partial charge in [0.1, 0.15) is 17.4 Å². The first kappa shape index (κ1) is 18.1. The third-order valence-corrected chi connectivity index (χ3v) is 4.37. The van der Waals surface area contributed by atoms with Crippen LogP contribution in [0.2, 0.25) is 5.02 Å². The lowest BCUT2D eigenvalue weighted by atomic mass is 9.96. The molecule has 0 aliphatic carbocycles. The molecular weight excluding hydrogens is 358 g/mol. The summed E-state index contributed by atoms with van der Waals surface area (Å²) in [6.07, 6.45) is -0.320. The van der Waals surface area contributed by atoms with Crippen molar-refractivity contribution in [1.29, 1.82) is 0 Å². The number of rotatable bonds is 4. The predicted octanol–water partition coefficient (Wildman–Crippen LogP) is 5.72. The monoisotopic (exact) mass is 372 g/mol. The second kappa shape index (κ2) is 7.26. The second-order valence-corrected chi connectivity index (χ2v) is 6.44. The molecule has 0 aliphatic rings. The van der Waals surface area contributed by atoms with Crippen molar-refractivity contribution >= 4 is 17.4 Å². The molecule has 0 aliphatic heterocycles. The van der Waals surface area contributed by atoms with Gasteiger partial charge in [-0.25, -0.2) is 8.78 Å². The van der Waals surface area contributed by atoms with Crippen LogP contribution in [0.3, 0.4) is 0 Å². The van der Waals surface area contributed by atoms with E-state index in [0.717, 1.165) is 6.07 Å². The van der Waals surface area contributed by atoms with Crippen LogP contribution < -0.4 is 0 Å². The zero-order valence-electron chi connectivity index (χ0n) is 13.9. The topological polar surface area (TPSA) is 37.3 Å². The van der Waals surface area contributed by atoms with Crippen molar-refractivity contribution < 1.29 is 18.7 Å². The van der Waals surface area contributed by atoms with Crippen LogP contribution in [0.25, 0.3) is 11.1 Å². The average Bonchev–Trinajstić information content (AvgIpc) is 2.61. The summed E-state index contributed by atoms with van der Waals surface area (Å²) >= 11 is 5.90. The molecule has 0 spiro atoms. The number of Topliss-reactive ketones (excluding diaryl/α,β-unsaturated/α-hetero) is 1. The molecule has 0 radical (unpaired) electrons. The molecule has 0 atom stereocenters. The van der Waals surface area contributed by atoms with E-state index in [1.807, 2.05) is 0 Å². The Labute approximate surface area is 154 Å². The highest BCUT2D eigenvalue weighted by Crippen LogP contribution is 2.31. The Morgan fingerprint density at radius 3 is 2.42 bits per heavy atom. The maximum absolute atomic E-state index is 14.2. The van der Waals surface area contributed by atoms with E-state index in [-0.39, 0.29) is 33.9 Å². The molecule has 3 aromatic rings. The first-order valence-electron chi connectivity index (χ1n) is 7.92. The standard InChI is InChI=1S/C21H15ClF2O2/c1-12-7-16(21(26)17(22)8-12)20(25)10-14-9-15(19(24)11-18(14)23)13-5-3-2-4-6-13/h2-9,11,26H,10H2,1H3. The highest BCUT2D eigenvalue weighted by atomic mass is 35.5. The van der Waals surface area contributed by atoms with Crippen LogP contribution in [-0.2, 0) is 6.42 Å². The van der Waals surface area contributed by atoms with Gasteiger partial charge in [-0.15, -0.1) is 0 Å². The Kier molecular flexibility index (Phi) is 5.05. The summed E-state index contributed by atoms with van der Waals surface area (Å²) in [7, 11) is 0. The summed E-state index contributed by atoms with van der Waals surface area (Å²) in [5.74, 6) is -2.36. The number of hydrogen-bond acceptors (Lipinski definition) is 2. The third-order valence-electron chi connectivity index (χ3n) is 4.08. The van der Waals surface area contributed by atoms with E-state index in [1.54, 1.807) is 37.3 Å². The average molecular weight is 373 g/mol. The number of phenols is 1. The van der Waals surface area contributed by atoms with Gasteiger partial charge in [-0.2, -0.15) is 0 Å². The van der Waals surface area contributed by atoms with Gasteiger partial charge in [0.25, 0.3) is 0 Å². The summed E-state index contributed by atoms with van der Waals surface area (Å²) in [5, 5.41) is 10.1. The molecule has 0 fully saturated rings. The number of benzene rings is 3. The Hall–Kier alpha value is -2.72. The van der Waals surface area contributed by atoms with Crippen molar-refractivity contribution in [2.75, 3.05) is 0 Å². The first-order chi connectivity index (χ1) is 12.4. The first-order valence-corrected chi connectivity index (χ1v) is 8.30. The van der Waals surface area contributed by atoms with Crippen LogP contribution in [-0.4, -0.2) is 10.9 Å². The molecule has 0 amide bonds. The molecule has 132 valence electrons. The summed E-state index contributed by atoms with van der Waals surface area (Å²) in [4.78, 5) is 12.5. The van der Waals surface area contributed by atoms with Crippen LogP contribution in [0.15, 0.2) is 54.6 Å². The van der Waals surface area contributed by atoms with Crippen molar-refractivity contribution in [3.05, 3.63) is 87.9 Å². The fourth-order valence-corrected chi connectivity index (χ4v) is 3.06. The number of halogens is 3. The molecule has 0 saturated carbocycles. The molecule has 26 heavy (non-hydrogen) atoms. The molecular formula is C21H15ClF2O2. The van der Waals surface area contributed by atoms with Gasteiger partial charge in [-0.3, -0.25) is 4.79 Å². The van der Waals surface area contributed by atoms with E-state index >= 15 is 0 Å². The van der Waals surface area contributed by atoms with Gasteiger partial charge in [0.2, 0.25) is 0 Å². The molecule has 0 unspecified atom stereocenters. The molecule has 0 aromatic heterocycles. The van der Waals surface area contributed by atoms with Gasteiger partial charge in [-0.05, 0) is 41.8 Å². The van der Waals surface area contributed by atoms with Crippen LogP contribution >= 0.6 is 11.6 Å². The fraction of sp³-hybridized carbons (Fsp3) is 0.0952. The lowest BCUT2D eigenvalue weighted by Gasteiger charge is -2.10. The van der Waals surface area contributed by atoms with Crippen molar-refractivity contribution in [1.82, 2.24) is 0 Å². The second-order valence-electron chi connectivity index (χ2n) is 6.03. The van der Waals surface area contributed by atoms with E-state index in [0.29, 0.717) is 11.1 Å². The van der Waals surface area contributed by atoms with E-state index in [4.69, 9.17) is 11.6 Å². The van der Waals surface area contributed by atoms with Gasteiger partial charge in [0.05, 0.1) is 10.6 Å². The maximum atomic E-state index is 14.2. The number of aryl methyl sites for hydroxylation is 1. The van der Waals surface area contributed by atoms with Gasteiger partial charge < -0.3 is 5.11 Å². The lowest BCUT2D eigenvalue weighted by molar-refractivity contribution is 0.0989. The number of aromatic hydroxyl groups is 1. The molecule has 3 aromatic carbocycles. The number of hydrogen-bond donors (Lipinski definition) is 1. The SMILES string of the molecule is Cc1cc(Cl)c(O)c(C(=O)Cc2cc(-c3ccccc3)c(F)cc2F)c1. The highest BCUT2D eigenvalue weighted by Gasteiger charge is 2.19. The van der Waals surface area contributed by atoms with E-state index in [2.05, 4.69) is 0 Å². The van der Waals surface area contributed by atoms with Crippen LogP contribution in [0, 0.1) is 18.6 Å². The Morgan fingerprint density at radius 1 is 1.04 bits per heavy atom. The Balaban J connectivity index is 1.99. The third kappa shape index (κ3) is 3.60. The Bertz CT molecular complexity index is 985. The molecule has 1 N–H and O–H groups in total. The highest BCUT2D eigenvalue weighted by molar-refractivity contribution is 6.32. The number of carbonyl (C=O) groups excluding carboxylic acids is 1. The van der Waals surface area contributed by atoms with Crippen molar-refractivity contribution in [3.8, 4) is 16.9 Å². The van der Waals surface area contributed by atoms with Crippen molar-refractivity contribution in [2.45, 2.75) is 13.3 Å². The molecule has 0 saturated heterocycles. The van der Waals surface area contributed by atoms with E-state index < -0.39 is 17.4 Å². The fourth-order valence-electron chi connectivity index (χ4n) is 2.78. The van der Waals surface area contributed by atoms with Crippen LogP contribution in [0.5, 0.6) is 5.75 Å². The number of phenolic OH excluding ortho intramolecular Hbond substituents is 1. The van der Waals surface area contributed by atoms with Crippen molar-refractivity contribution in [3.63, 3.8) is 0 Å². The molecule has 3 rings (SSSR count). The van der Waals surface area contributed by atoms with Crippen molar-refractivity contribution in [2.24, 2.45) is 0 Å².